The Morgan fingerprint density at radius 1 is 1.07 bits per heavy atom. The molecule has 8 heteroatoms. The minimum absolute atomic E-state index is 0.0516. The Balaban J connectivity index is 2.09. The Kier molecular flexibility index (Phi) is 5.48. The molecule has 0 spiro atoms. The van der Waals surface area contributed by atoms with Crippen LogP contribution >= 0.6 is 0 Å². The van der Waals surface area contributed by atoms with Crippen molar-refractivity contribution in [1.82, 2.24) is 4.31 Å². The van der Waals surface area contributed by atoms with Crippen molar-refractivity contribution in [2.45, 2.75) is 17.7 Å². The van der Waals surface area contributed by atoms with Gasteiger partial charge in [-0.05, 0) is 37.1 Å². The highest BCUT2D eigenvalue weighted by Crippen LogP contribution is 2.34. The van der Waals surface area contributed by atoms with Gasteiger partial charge in [0.2, 0.25) is 10.0 Å². The molecule has 3 rings (SSSR count). The Bertz CT molecular complexity index is 954. The Morgan fingerprint density at radius 3 is 2.37 bits per heavy atom. The van der Waals surface area contributed by atoms with Crippen molar-refractivity contribution < 1.29 is 17.6 Å². The molecule has 1 saturated heterocycles. The van der Waals surface area contributed by atoms with Crippen LogP contribution in [-0.4, -0.2) is 45.8 Å². The number of anilines is 2. The normalized spacial score (nSPS) is 14.6. The molecule has 0 radical (unpaired) electrons. The summed E-state index contributed by atoms with van der Waals surface area (Å²) in [6.07, 6.45) is 1.84. The van der Waals surface area contributed by atoms with Gasteiger partial charge in [-0.3, -0.25) is 4.79 Å². The van der Waals surface area contributed by atoms with Gasteiger partial charge in [-0.1, -0.05) is 18.2 Å². The minimum atomic E-state index is -3.74. The fourth-order valence-electron chi connectivity index (χ4n) is 3.13. The van der Waals surface area contributed by atoms with Gasteiger partial charge in [0.1, 0.15) is 10.7 Å². The van der Waals surface area contributed by atoms with E-state index in [1.807, 2.05) is 4.90 Å². The zero-order valence-corrected chi connectivity index (χ0v) is 16.1. The van der Waals surface area contributed by atoms with E-state index < -0.39 is 21.7 Å². The molecule has 1 aliphatic rings. The molecular formula is C19H22FN3O3S. The van der Waals surface area contributed by atoms with Gasteiger partial charge in [0.15, 0.2) is 0 Å². The van der Waals surface area contributed by atoms with Crippen molar-refractivity contribution >= 4 is 27.3 Å². The number of halogens is 1. The predicted molar refractivity (Wildman–Crippen MR) is 103 cm³/mol. The number of nitrogens with one attached hydrogen (secondary N) is 1. The van der Waals surface area contributed by atoms with Gasteiger partial charge in [0.05, 0.1) is 16.9 Å². The third-order valence-corrected chi connectivity index (χ3v) is 6.39. The molecule has 0 atom stereocenters. The predicted octanol–water partition coefficient (Wildman–Crippen LogP) is 2.93. The Labute approximate surface area is 158 Å². The summed E-state index contributed by atoms with van der Waals surface area (Å²) in [5, 5.41) is 2.55. The Hall–Kier alpha value is -2.45. The molecule has 0 bridgehead atoms. The third-order valence-electron chi connectivity index (χ3n) is 4.55. The highest BCUT2D eigenvalue weighted by atomic mass is 32.2. The van der Waals surface area contributed by atoms with Crippen LogP contribution < -0.4 is 10.2 Å². The zero-order valence-electron chi connectivity index (χ0n) is 15.3. The molecule has 6 nitrogen and oxygen atoms in total. The second-order valence-electron chi connectivity index (χ2n) is 6.57. The maximum absolute atomic E-state index is 13.9. The van der Waals surface area contributed by atoms with Gasteiger partial charge in [0.25, 0.3) is 5.91 Å². The summed E-state index contributed by atoms with van der Waals surface area (Å²) in [7, 11) is -0.837. The van der Waals surface area contributed by atoms with Gasteiger partial charge in [0, 0.05) is 27.2 Å². The first kappa shape index (κ1) is 19.3. The zero-order chi connectivity index (χ0) is 19.6. The van der Waals surface area contributed by atoms with E-state index in [9.17, 15) is 17.6 Å². The van der Waals surface area contributed by atoms with Crippen LogP contribution in [0.5, 0.6) is 0 Å². The lowest BCUT2D eigenvalue weighted by molar-refractivity contribution is 0.102. The first-order valence-electron chi connectivity index (χ1n) is 8.68. The first-order chi connectivity index (χ1) is 12.8. The van der Waals surface area contributed by atoms with E-state index in [0.717, 1.165) is 17.1 Å². The van der Waals surface area contributed by atoms with Gasteiger partial charge in [-0.2, -0.15) is 0 Å². The van der Waals surface area contributed by atoms with Crippen LogP contribution in [0.4, 0.5) is 15.8 Å². The van der Waals surface area contributed by atoms with E-state index in [1.165, 1.54) is 44.4 Å². The highest BCUT2D eigenvalue weighted by Gasteiger charge is 2.30. The summed E-state index contributed by atoms with van der Waals surface area (Å²) in [4.78, 5) is 14.9. The minimum Gasteiger partial charge on any atom is -0.370 e. The summed E-state index contributed by atoms with van der Waals surface area (Å²) in [5.41, 5.74) is 0.636. The number of para-hydroxylation sites is 2. The molecule has 1 fully saturated rings. The highest BCUT2D eigenvalue weighted by molar-refractivity contribution is 7.89. The van der Waals surface area contributed by atoms with Crippen LogP contribution in [0.3, 0.4) is 0 Å². The van der Waals surface area contributed by atoms with Crippen LogP contribution in [0.2, 0.25) is 0 Å². The summed E-state index contributed by atoms with van der Waals surface area (Å²) < 4.78 is 40.6. The number of benzene rings is 2. The van der Waals surface area contributed by atoms with E-state index >= 15 is 0 Å². The standard InChI is InChI=1S/C19H22FN3O3S/c1-22(2)27(25,26)17-11-7-8-14(18(17)23-12-5-6-13-23)19(24)21-16-10-4-3-9-15(16)20/h3-4,7-11H,5-6,12-13H2,1-2H3,(H,21,24). The van der Waals surface area contributed by atoms with E-state index in [0.29, 0.717) is 18.8 Å². The topological polar surface area (TPSA) is 69.7 Å². The molecule has 0 aliphatic carbocycles. The molecule has 27 heavy (non-hydrogen) atoms. The molecular weight excluding hydrogens is 369 g/mol. The van der Waals surface area contributed by atoms with Crippen LogP contribution in [0, 0.1) is 5.82 Å². The lowest BCUT2D eigenvalue weighted by Crippen LogP contribution is -2.29. The average Bonchev–Trinajstić information content (AvgIpc) is 3.17. The summed E-state index contributed by atoms with van der Waals surface area (Å²) >= 11 is 0. The van der Waals surface area contributed by atoms with Crippen molar-refractivity contribution in [3.63, 3.8) is 0 Å². The molecule has 2 aromatic rings. The molecule has 1 heterocycles. The van der Waals surface area contributed by atoms with Crippen molar-refractivity contribution in [3.05, 3.63) is 53.8 Å². The van der Waals surface area contributed by atoms with Crippen molar-refractivity contribution in [2.24, 2.45) is 0 Å². The number of hydrogen-bond acceptors (Lipinski definition) is 4. The fourth-order valence-corrected chi connectivity index (χ4v) is 4.26. The number of amides is 1. The number of sulfonamides is 1. The second-order valence-corrected chi connectivity index (χ2v) is 8.69. The summed E-state index contributed by atoms with van der Waals surface area (Å²) in [6.45, 7) is 1.33. The number of rotatable bonds is 5. The number of carbonyl (C=O) groups excluding carboxylic acids is 1. The molecule has 0 saturated carbocycles. The van der Waals surface area contributed by atoms with Crippen LogP contribution in [0.25, 0.3) is 0 Å². The van der Waals surface area contributed by atoms with Gasteiger partial charge in [-0.15, -0.1) is 0 Å². The third kappa shape index (κ3) is 3.81. The maximum atomic E-state index is 13.9. The van der Waals surface area contributed by atoms with Crippen LogP contribution in [0.1, 0.15) is 23.2 Å². The lowest BCUT2D eigenvalue weighted by atomic mass is 10.1. The lowest BCUT2D eigenvalue weighted by Gasteiger charge is -2.25. The molecule has 144 valence electrons. The summed E-state index contributed by atoms with van der Waals surface area (Å²) in [5.74, 6) is -1.09. The second kappa shape index (κ2) is 7.66. The fraction of sp³-hybridized carbons (Fsp3) is 0.316. The average molecular weight is 391 g/mol. The molecule has 0 unspecified atom stereocenters. The van der Waals surface area contributed by atoms with E-state index in [4.69, 9.17) is 0 Å². The van der Waals surface area contributed by atoms with Gasteiger partial charge >= 0.3 is 0 Å². The maximum Gasteiger partial charge on any atom is 0.257 e. The smallest absolute Gasteiger partial charge is 0.257 e. The van der Waals surface area contributed by atoms with Crippen molar-refractivity contribution in [1.29, 1.82) is 0 Å². The van der Waals surface area contributed by atoms with Crippen molar-refractivity contribution in [3.8, 4) is 0 Å². The quantitative estimate of drug-likeness (QED) is 0.851. The van der Waals surface area contributed by atoms with E-state index in [2.05, 4.69) is 5.32 Å². The number of nitrogens with zero attached hydrogens (tertiary/aromatic N) is 2. The van der Waals surface area contributed by atoms with Crippen molar-refractivity contribution in [2.75, 3.05) is 37.4 Å². The number of carbonyl (C=O) groups is 1. The molecule has 0 aromatic heterocycles. The van der Waals surface area contributed by atoms with E-state index in [1.54, 1.807) is 12.1 Å². The van der Waals surface area contributed by atoms with Gasteiger partial charge in [-0.25, -0.2) is 17.1 Å². The Morgan fingerprint density at radius 2 is 1.74 bits per heavy atom. The molecule has 1 amide bonds. The first-order valence-corrected chi connectivity index (χ1v) is 10.1. The molecule has 1 N–H and O–H groups in total. The van der Waals surface area contributed by atoms with Gasteiger partial charge < -0.3 is 10.2 Å². The molecule has 2 aromatic carbocycles. The SMILES string of the molecule is CN(C)S(=O)(=O)c1cccc(C(=O)Nc2ccccc2F)c1N1CCCC1. The largest absolute Gasteiger partial charge is 0.370 e. The van der Waals surface area contributed by atoms with E-state index in [-0.39, 0.29) is 16.1 Å². The number of hydrogen-bond donors (Lipinski definition) is 1. The van der Waals surface area contributed by atoms with Crippen LogP contribution in [0.15, 0.2) is 47.4 Å². The summed E-state index contributed by atoms with van der Waals surface area (Å²) in [6, 6.07) is 10.5. The molecule has 1 aliphatic heterocycles. The van der Waals surface area contributed by atoms with Crippen LogP contribution in [-0.2, 0) is 10.0 Å². The monoisotopic (exact) mass is 391 g/mol.